The van der Waals surface area contributed by atoms with Crippen molar-refractivity contribution in [3.8, 4) is 23.8 Å². The Morgan fingerprint density at radius 3 is 2.74 bits per heavy atom. The molecule has 0 aliphatic carbocycles. The zero-order valence-corrected chi connectivity index (χ0v) is 16.7. The number of halogens is 1. The lowest BCUT2D eigenvalue weighted by molar-refractivity contribution is 0.0955. The van der Waals surface area contributed by atoms with Crippen LogP contribution in [-0.4, -0.2) is 25.3 Å². The quantitative estimate of drug-likeness (QED) is 0.278. The Kier molecular flexibility index (Phi) is 8.40. The van der Waals surface area contributed by atoms with Crippen molar-refractivity contribution < 1.29 is 14.3 Å². The van der Waals surface area contributed by atoms with E-state index in [0.29, 0.717) is 23.5 Å². The standard InChI is InChI=1S/C21H21BrN2O3/c1-3-5-13-26-19-9-6-16(7-10-19)21(25)24-23-15-17-14-18(22)8-11-20(17)27-12-4-2/h2,6-11,14-15H,3,5,12-13H2,1H3,(H,24,25)/b23-15-. The zero-order valence-electron chi connectivity index (χ0n) is 15.1. The summed E-state index contributed by atoms with van der Waals surface area (Å²) in [5.74, 6) is 3.43. The van der Waals surface area contributed by atoms with Crippen molar-refractivity contribution in [2.75, 3.05) is 13.2 Å². The zero-order chi connectivity index (χ0) is 19.5. The van der Waals surface area contributed by atoms with Crippen LogP contribution in [0.25, 0.3) is 0 Å². The Morgan fingerprint density at radius 1 is 1.26 bits per heavy atom. The van der Waals surface area contributed by atoms with E-state index < -0.39 is 0 Å². The molecule has 1 amide bonds. The molecule has 2 rings (SSSR count). The lowest BCUT2D eigenvalue weighted by Crippen LogP contribution is -2.17. The third-order valence-corrected chi connectivity index (χ3v) is 4.03. The van der Waals surface area contributed by atoms with Crippen molar-refractivity contribution in [3.63, 3.8) is 0 Å². The van der Waals surface area contributed by atoms with E-state index >= 15 is 0 Å². The molecule has 0 radical (unpaired) electrons. The molecule has 0 unspecified atom stereocenters. The molecule has 0 aromatic heterocycles. The number of hydrazone groups is 1. The Bertz CT molecular complexity index is 826. The fourth-order valence-electron chi connectivity index (χ4n) is 2.13. The normalized spacial score (nSPS) is 10.4. The van der Waals surface area contributed by atoms with Crippen LogP contribution in [0.15, 0.2) is 52.0 Å². The summed E-state index contributed by atoms with van der Waals surface area (Å²) in [5, 5.41) is 4.00. The minimum absolute atomic E-state index is 0.154. The summed E-state index contributed by atoms with van der Waals surface area (Å²) in [6, 6.07) is 12.4. The Morgan fingerprint density at radius 2 is 2.04 bits per heavy atom. The van der Waals surface area contributed by atoms with E-state index in [4.69, 9.17) is 15.9 Å². The van der Waals surface area contributed by atoms with Crippen LogP contribution in [0.4, 0.5) is 0 Å². The van der Waals surface area contributed by atoms with Gasteiger partial charge >= 0.3 is 0 Å². The molecule has 6 heteroatoms. The van der Waals surface area contributed by atoms with Crippen LogP contribution in [0.2, 0.25) is 0 Å². The summed E-state index contributed by atoms with van der Waals surface area (Å²) in [6.07, 6.45) is 8.81. The number of amides is 1. The number of carbonyl (C=O) groups is 1. The van der Waals surface area contributed by atoms with Crippen LogP contribution < -0.4 is 14.9 Å². The van der Waals surface area contributed by atoms with E-state index in [2.05, 4.69) is 39.3 Å². The number of rotatable bonds is 9. The number of ether oxygens (including phenoxy) is 2. The van der Waals surface area contributed by atoms with Gasteiger partial charge in [-0.05, 0) is 48.9 Å². The molecule has 0 heterocycles. The van der Waals surface area contributed by atoms with Gasteiger partial charge in [-0.25, -0.2) is 5.43 Å². The van der Waals surface area contributed by atoms with Gasteiger partial charge in [0.15, 0.2) is 0 Å². The number of nitrogens with one attached hydrogen (secondary N) is 1. The largest absolute Gasteiger partial charge is 0.494 e. The highest BCUT2D eigenvalue weighted by atomic mass is 79.9. The molecular weight excluding hydrogens is 408 g/mol. The monoisotopic (exact) mass is 428 g/mol. The third kappa shape index (κ3) is 6.80. The first-order valence-electron chi connectivity index (χ1n) is 8.56. The molecule has 27 heavy (non-hydrogen) atoms. The first-order chi connectivity index (χ1) is 13.1. The summed E-state index contributed by atoms with van der Waals surface area (Å²) >= 11 is 3.39. The molecule has 0 bridgehead atoms. The molecule has 5 nitrogen and oxygen atoms in total. The van der Waals surface area contributed by atoms with Crippen molar-refractivity contribution >= 4 is 28.1 Å². The molecule has 0 spiro atoms. The maximum atomic E-state index is 12.2. The first-order valence-corrected chi connectivity index (χ1v) is 9.35. The van der Waals surface area contributed by atoms with E-state index in [1.54, 1.807) is 30.3 Å². The van der Waals surface area contributed by atoms with Crippen LogP contribution in [0, 0.1) is 12.3 Å². The van der Waals surface area contributed by atoms with Gasteiger partial charge in [-0.1, -0.05) is 35.2 Å². The van der Waals surface area contributed by atoms with E-state index in [-0.39, 0.29) is 12.5 Å². The number of hydrogen-bond acceptors (Lipinski definition) is 4. The van der Waals surface area contributed by atoms with Crippen molar-refractivity contribution in [1.82, 2.24) is 5.43 Å². The molecule has 0 aliphatic heterocycles. The average Bonchev–Trinajstić information content (AvgIpc) is 2.68. The van der Waals surface area contributed by atoms with Crippen molar-refractivity contribution in [3.05, 3.63) is 58.1 Å². The molecular formula is C21H21BrN2O3. The highest BCUT2D eigenvalue weighted by molar-refractivity contribution is 9.10. The lowest BCUT2D eigenvalue weighted by Gasteiger charge is -2.07. The maximum Gasteiger partial charge on any atom is 0.271 e. The number of unbranched alkanes of at least 4 members (excludes halogenated alkanes) is 1. The summed E-state index contributed by atoms with van der Waals surface area (Å²) < 4.78 is 11.9. The van der Waals surface area contributed by atoms with E-state index in [1.165, 1.54) is 6.21 Å². The Hall–Kier alpha value is -2.78. The molecule has 1 N–H and O–H groups in total. The summed E-state index contributed by atoms with van der Waals surface area (Å²) in [6.45, 7) is 2.93. The topological polar surface area (TPSA) is 59.9 Å². The summed E-state index contributed by atoms with van der Waals surface area (Å²) in [5.41, 5.74) is 3.69. The van der Waals surface area contributed by atoms with Crippen LogP contribution in [0.3, 0.4) is 0 Å². The summed E-state index contributed by atoms with van der Waals surface area (Å²) in [4.78, 5) is 12.2. The van der Waals surface area contributed by atoms with Gasteiger partial charge in [-0.3, -0.25) is 4.79 Å². The second-order valence-corrected chi connectivity index (χ2v) is 6.52. The highest BCUT2D eigenvalue weighted by Crippen LogP contribution is 2.21. The SMILES string of the molecule is C#CCOc1ccc(Br)cc1/C=N\NC(=O)c1ccc(OCCCC)cc1. The Balaban J connectivity index is 1.97. The molecule has 0 saturated heterocycles. The predicted molar refractivity (Wildman–Crippen MR) is 110 cm³/mol. The van der Waals surface area contributed by atoms with E-state index in [0.717, 1.165) is 23.1 Å². The first kappa shape index (κ1) is 20.5. The van der Waals surface area contributed by atoms with Crippen LogP contribution >= 0.6 is 15.9 Å². The number of hydrogen-bond donors (Lipinski definition) is 1. The van der Waals surface area contributed by atoms with Crippen LogP contribution in [0.5, 0.6) is 11.5 Å². The maximum absolute atomic E-state index is 12.2. The van der Waals surface area contributed by atoms with Gasteiger partial charge in [-0.15, -0.1) is 6.42 Å². The minimum atomic E-state index is -0.313. The molecule has 0 fully saturated rings. The molecule has 0 aliphatic rings. The third-order valence-electron chi connectivity index (χ3n) is 3.54. The van der Waals surface area contributed by atoms with Gasteiger partial charge in [0, 0.05) is 15.6 Å². The fourth-order valence-corrected chi connectivity index (χ4v) is 2.51. The van der Waals surface area contributed by atoms with Gasteiger partial charge in [0.05, 0.1) is 12.8 Å². The number of benzene rings is 2. The number of carbonyl (C=O) groups excluding carboxylic acids is 1. The molecule has 140 valence electrons. The van der Waals surface area contributed by atoms with Crippen molar-refractivity contribution in [2.24, 2.45) is 5.10 Å². The van der Waals surface area contributed by atoms with E-state index in [1.807, 2.05) is 12.1 Å². The lowest BCUT2D eigenvalue weighted by atomic mass is 10.2. The van der Waals surface area contributed by atoms with E-state index in [9.17, 15) is 4.79 Å². The predicted octanol–water partition coefficient (Wildman–Crippen LogP) is 4.40. The average molecular weight is 429 g/mol. The van der Waals surface area contributed by atoms with Crippen LogP contribution in [-0.2, 0) is 0 Å². The van der Waals surface area contributed by atoms with Crippen molar-refractivity contribution in [2.45, 2.75) is 19.8 Å². The van der Waals surface area contributed by atoms with Gasteiger partial charge in [-0.2, -0.15) is 5.10 Å². The van der Waals surface area contributed by atoms with Gasteiger partial charge in [0.25, 0.3) is 5.91 Å². The van der Waals surface area contributed by atoms with Gasteiger partial charge in [0.1, 0.15) is 18.1 Å². The second kappa shape index (κ2) is 11.0. The molecule has 2 aromatic carbocycles. The Labute approximate surface area is 167 Å². The second-order valence-electron chi connectivity index (χ2n) is 5.60. The molecule has 0 saturated carbocycles. The minimum Gasteiger partial charge on any atom is -0.494 e. The van der Waals surface area contributed by atoms with Crippen LogP contribution in [0.1, 0.15) is 35.7 Å². The number of terminal acetylenes is 1. The van der Waals surface area contributed by atoms with Gasteiger partial charge in [0.2, 0.25) is 0 Å². The van der Waals surface area contributed by atoms with Gasteiger partial charge < -0.3 is 9.47 Å². The highest BCUT2D eigenvalue weighted by Gasteiger charge is 2.06. The van der Waals surface area contributed by atoms with Crippen molar-refractivity contribution in [1.29, 1.82) is 0 Å². The summed E-state index contributed by atoms with van der Waals surface area (Å²) in [7, 11) is 0. The smallest absolute Gasteiger partial charge is 0.271 e. The number of nitrogens with zero attached hydrogens (tertiary/aromatic N) is 1. The molecule has 0 atom stereocenters. The fraction of sp³-hybridized carbons (Fsp3) is 0.238. The molecule has 2 aromatic rings.